The molecule has 1 N–H and O–H groups in total. The van der Waals surface area contributed by atoms with E-state index in [-0.39, 0.29) is 11.5 Å². The predicted octanol–water partition coefficient (Wildman–Crippen LogP) is 2.45. The fourth-order valence-electron chi connectivity index (χ4n) is 3.04. The van der Waals surface area contributed by atoms with Crippen molar-refractivity contribution in [3.63, 3.8) is 0 Å². The zero-order chi connectivity index (χ0) is 21.2. The van der Waals surface area contributed by atoms with Gasteiger partial charge in [-0.2, -0.15) is 0 Å². The van der Waals surface area contributed by atoms with Crippen molar-refractivity contribution in [2.75, 3.05) is 29.1 Å². The van der Waals surface area contributed by atoms with Crippen LogP contribution in [-0.2, 0) is 14.8 Å². The van der Waals surface area contributed by atoms with Crippen molar-refractivity contribution < 1.29 is 27.5 Å². The third-order valence-electron chi connectivity index (χ3n) is 4.41. The first-order chi connectivity index (χ1) is 13.7. The van der Waals surface area contributed by atoms with Crippen LogP contribution in [0.4, 0.5) is 11.4 Å². The number of hydrogen-bond acceptors (Lipinski definition) is 6. The molecule has 1 heterocycles. The zero-order valence-electron chi connectivity index (χ0n) is 16.3. The Balaban J connectivity index is 1.88. The van der Waals surface area contributed by atoms with Crippen molar-refractivity contribution in [2.45, 2.75) is 19.9 Å². The normalized spacial score (nSPS) is 14.0. The number of carbonyl (C=O) groups excluding carboxylic acids is 2. The maximum Gasteiger partial charge on any atom is 0.247 e. The van der Waals surface area contributed by atoms with E-state index >= 15 is 0 Å². The van der Waals surface area contributed by atoms with Gasteiger partial charge in [0.15, 0.2) is 17.3 Å². The molecule has 0 unspecified atom stereocenters. The number of ketones is 1. The van der Waals surface area contributed by atoms with Crippen LogP contribution in [0.1, 0.15) is 24.2 Å². The van der Waals surface area contributed by atoms with Gasteiger partial charge in [0.1, 0.15) is 19.3 Å². The highest BCUT2D eigenvalue weighted by Crippen LogP contribution is 2.35. The van der Waals surface area contributed by atoms with Crippen LogP contribution in [0.5, 0.6) is 11.5 Å². The lowest BCUT2D eigenvalue weighted by Crippen LogP contribution is -2.45. The maximum atomic E-state index is 12.8. The third-order valence-corrected chi connectivity index (χ3v) is 5.65. The Morgan fingerprint density at radius 1 is 1.07 bits per heavy atom. The molecular formula is C20H22N2O6S. The highest BCUT2D eigenvalue weighted by molar-refractivity contribution is 7.92. The van der Waals surface area contributed by atoms with Crippen LogP contribution < -0.4 is 19.1 Å². The van der Waals surface area contributed by atoms with Crippen molar-refractivity contribution in [1.29, 1.82) is 0 Å². The van der Waals surface area contributed by atoms with Crippen LogP contribution in [0.3, 0.4) is 0 Å². The van der Waals surface area contributed by atoms with E-state index in [1.165, 1.54) is 19.9 Å². The van der Waals surface area contributed by atoms with Crippen molar-refractivity contribution >= 4 is 33.1 Å². The van der Waals surface area contributed by atoms with Crippen LogP contribution in [0.25, 0.3) is 0 Å². The molecule has 0 radical (unpaired) electrons. The molecule has 1 amide bonds. The first kappa shape index (κ1) is 20.7. The Labute approximate surface area is 169 Å². The summed E-state index contributed by atoms with van der Waals surface area (Å²) < 4.78 is 36.9. The molecule has 1 aliphatic rings. The largest absolute Gasteiger partial charge is 0.486 e. The van der Waals surface area contributed by atoms with E-state index in [0.717, 1.165) is 10.6 Å². The second-order valence-corrected chi connectivity index (χ2v) is 8.55. The summed E-state index contributed by atoms with van der Waals surface area (Å²) in [6, 6.07) is 10.1. The molecule has 1 aliphatic heterocycles. The third kappa shape index (κ3) is 4.68. The smallest absolute Gasteiger partial charge is 0.247 e. The van der Waals surface area contributed by atoms with Crippen molar-refractivity contribution in [3.8, 4) is 11.5 Å². The Hall–Kier alpha value is -3.07. The lowest BCUT2D eigenvalue weighted by atomic mass is 10.1. The van der Waals surface area contributed by atoms with Gasteiger partial charge in [0.05, 0.1) is 11.9 Å². The van der Waals surface area contributed by atoms with Crippen LogP contribution in [-0.4, -0.2) is 45.6 Å². The van der Waals surface area contributed by atoms with Gasteiger partial charge >= 0.3 is 0 Å². The summed E-state index contributed by atoms with van der Waals surface area (Å²) in [4.78, 5) is 24.3. The fourth-order valence-corrected chi connectivity index (χ4v) is 4.21. The second-order valence-electron chi connectivity index (χ2n) is 6.69. The summed E-state index contributed by atoms with van der Waals surface area (Å²) >= 11 is 0. The number of nitrogens with one attached hydrogen (secondary N) is 1. The average Bonchev–Trinajstić information content (AvgIpc) is 2.67. The number of rotatable bonds is 6. The van der Waals surface area contributed by atoms with Crippen molar-refractivity contribution in [2.24, 2.45) is 0 Å². The Morgan fingerprint density at radius 3 is 2.41 bits per heavy atom. The summed E-state index contributed by atoms with van der Waals surface area (Å²) in [6.45, 7) is 3.69. The van der Waals surface area contributed by atoms with Gasteiger partial charge in [0.2, 0.25) is 15.9 Å². The van der Waals surface area contributed by atoms with Crippen LogP contribution in [0.15, 0.2) is 42.5 Å². The van der Waals surface area contributed by atoms with Crippen LogP contribution >= 0.6 is 0 Å². The summed E-state index contributed by atoms with van der Waals surface area (Å²) in [5.41, 5.74) is 1.14. The molecule has 9 heteroatoms. The predicted molar refractivity (Wildman–Crippen MR) is 109 cm³/mol. The van der Waals surface area contributed by atoms with Crippen LogP contribution in [0.2, 0.25) is 0 Å². The molecule has 2 aromatic carbocycles. The molecule has 3 rings (SSSR count). The first-order valence-corrected chi connectivity index (χ1v) is 10.8. The highest BCUT2D eigenvalue weighted by Gasteiger charge is 2.30. The zero-order valence-corrected chi connectivity index (χ0v) is 17.2. The number of benzene rings is 2. The number of fused-ring (bicyclic) bond motifs is 1. The Bertz CT molecular complexity index is 1050. The molecule has 29 heavy (non-hydrogen) atoms. The molecule has 0 bridgehead atoms. The van der Waals surface area contributed by atoms with E-state index in [0.29, 0.717) is 36.0 Å². The van der Waals surface area contributed by atoms with E-state index in [1.807, 2.05) is 0 Å². The van der Waals surface area contributed by atoms with E-state index < -0.39 is 22.0 Å². The van der Waals surface area contributed by atoms with E-state index in [2.05, 4.69) is 5.32 Å². The molecule has 8 nitrogen and oxygen atoms in total. The Morgan fingerprint density at radius 2 is 1.76 bits per heavy atom. The number of amides is 1. The summed E-state index contributed by atoms with van der Waals surface area (Å²) in [7, 11) is -3.78. The number of hydrogen-bond donors (Lipinski definition) is 1. The van der Waals surface area contributed by atoms with Gasteiger partial charge in [-0.25, -0.2) is 8.42 Å². The number of Topliss-reactive ketones (excluding diaryl/α,β-unsaturated/α-hetero) is 1. The molecule has 154 valence electrons. The van der Waals surface area contributed by atoms with Crippen molar-refractivity contribution in [3.05, 3.63) is 48.0 Å². The van der Waals surface area contributed by atoms with Crippen molar-refractivity contribution in [1.82, 2.24) is 0 Å². The van der Waals surface area contributed by atoms with Crippen LogP contribution in [0, 0.1) is 0 Å². The summed E-state index contributed by atoms with van der Waals surface area (Å²) in [6.07, 6.45) is 1.03. The minimum Gasteiger partial charge on any atom is -0.486 e. The molecular weight excluding hydrogens is 396 g/mol. The maximum absolute atomic E-state index is 12.8. The molecule has 0 aliphatic carbocycles. The summed E-state index contributed by atoms with van der Waals surface area (Å²) in [5, 5.41) is 2.67. The minimum absolute atomic E-state index is 0.136. The molecule has 0 fully saturated rings. The van der Waals surface area contributed by atoms with Gasteiger partial charge in [-0.15, -0.1) is 0 Å². The minimum atomic E-state index is -3.78. The fraction of sp³-hybridized carbons (Fsp3) is 0.300. The molecule has 0 spiro atoms. The first-order valence-electron chi connectivity index (χ1n) is 8.98. The number of ether oxygens (including phenoxy) is 2. The lowest BCUT2D eigenvalue weighted by Gasteiger charge is -2.29. The van der Waals surface area contributed by atoms with Gasteiger partial charge in [-0.1, -0.05) is 12.1 Å². The standard InChI is InChI=1S/C20H22N2O6S/c1-13(20(24)21-16-6-4-5-15(11-16)14(2)23)22(29(3,25)26)17-7-8-18-19(12-17)28-10-9-27-18/h4-8,11-13H,9-10H2,1-3H3,(H,21,24)/t13-/m1/s1. The number of anilines is 2. The highest BCUT2D eigenvalue weighted by atomic mass is 32.2. The number of carbonyl (C=O) groups is 2. The quantitative estimate of drug-likeness (QED) is 0.723. The lowest BCUT2D eigenvalue weighted by molar-refractivity contribution is -0.116. The van der Waals surface area contributed by atoms with E-state index in [4.69, 9.17) is 9.47 Å². The van der Waals surface area contributed by atoms with Gasteiger partial charge in [0, 0.05) is 17.3 Å². The van der Waals surface area contributed by atoms with Gasteiger partial charge in [-0.05, 0) is 38.1 Å². The Kier molecular flexibility index (Phi) is 5.78. The second kappa shape index (κ2) is 8.12. The monoisotopic (exact) mass is 418 g/mol. The number of nitrogens with zero attached hydrogens (tertiary/aromatic N) is 1. The van der Waals surface area contributed by atoms with Gasteiger partial charge in [-0.3, -0.25) is 13.9 Å². The molecule has 2 aromatic rings. The molecule has 0 saturated carbocycles. The van der Waals surface area contributed by atoms with Gasteiger partial charge in [0.25, 0.3) is 0 Å². The van der Waals surface area contributed by atoms with E-state index in [1.54, 1.807) is 36.4 Å². The SMILES string of the molecule is CC(=O)c1cccc(NC(=O)[C@@H](C)N(c2ccc3c(c2)OCCO3)S(C)(=O)=O)c1. The molecule has 1 atom stereocenters. The molecule has 0 aromatic heterocycles. The average molecular weight is 418 g/mol. The van der Waals surface area contributed by atoms with E-state index in [9.17, 15) is 18.0 Å². The molecule has 0 saturated heterocycles. The summed E-state index contributed by atoms with van der Waals surface area (Å²) in [5.74, 6) is 0.268. The number of sulfonamides is 1. The van der Waals surface area contributed by atoms with Gasteiger partial charge < -0.3 is 14.8 Å². The topological polar surface area (TPSA) is 102 Å².